The van der Waals surface area contributed by atoms with Crippen molar-refractivity contribution >= 4 is 5.78 Å². The van der Waals surface area contributed by atoms with Crippen molar-refractivity contribution < 1.29 is 9.53 Å². The standard InChI is InChI=1S/C18H24O2/c1-11-4-7-16(18(20-3)12(11)2)17(19)10-15-9-13-5-6-14(15)8-13/h4,7,13-15H,5-6,8-10H2,1-3H3. The molecule has 1 aromatic rings. The molecular weight excluding hydrogens is 248 g/mol. The van der Waals surface area contributed by atoms with Crippen LogP contribution in [0.15, 0.2) is 12.1 Å². The van der Waals surface area contributed by atoms with Crippen LogP contribution in [-0.2, 0) is 0 Å². The lowest BCUT2D eigenvalue weighted by Gasteiger charge is -2.21. The number of Topliss-reactive ketones (excluding diaryl/α,β-unsaturated/α-hetero) is 1. The molecule has 108 valence electrons. The molecule has 2 fully saturated rings. The number of benzene rings is 1. The summed E-state index contributed by atoms with van der Waals surface area (Å²) in [6.07, 6.45) is 6.07. The number of fused-ring (bicyclic) bond motifs is 2. The van der Waals surface area contributed by atoms with Crippen LogP contribution < -0.4 is 4.74 Å². The molecule has 20 heavy (non-hydrogen) atoms. The van der Waals surface area contributed by atoms with Gasteiger partial charge in [0.2, 0.25) is 0 Å². The van der Waals surface area contributed by atoms with E-state index in [1.54, 1.807) is 7.11 Å². The minimum atomic E-state index is 0.266. The van der Waals surface area contributed by atoms with Gasteiger partial charge in [-0.1, -0.05) is 12.5 Å². The average molecular weight is 272 g/mol. The maximum absolute atomic E-state index is 12.6. The predicted octanol–water partition coefficient (Wildman–Crippen LogP) is 4.32. The molecule has 0 aromatic heterocycles. The van der Waals surface area contributed by atoms with Gasteiger partial charge >= 0.3 is 0 Å². The lowest BCUT2D eigenvalue weighted by Crippen LogP contribution is -2.16. The Morgan fingerprint density at radius 2 is 2.05 bits per heavy atom. The van der Waals surface area contributed by atoms with Crippen LogP contribution >= 0.6 is 0 Å². The molecule has 2 nitrogen and oxygen atoms in total. The van der Waals surface area contributed by atoms with E-state index in [1.807, 2.05) is 19.1 Å². The van der Waals surface area contributed by atoms with Crippen molar-refractivity contribution in [2.24, 2.45) is 17.8 Å². The summed E-state index contributed by atoms with van der Waals surface area (Å²) < 4.78 is 5.48. The highest BCUT2D eigenvalue weighted by Crippen LogP contribution is 2.50. The number of hydrogen-bond donors (Lipinski definition) is 0. The van der Waals surface area contributed by atoms with Crippen molar-refractivity contribution in [3.05, 3.63) is 28.8 Å². The third kappa shape index (κ3) is 2.25. The molecule has 0 radical (unpaired) electrons. The lowest BCUT2D eigenvalue weighted by molar-refractivity contribution is 0.0941. The number of ketones is 1. The number of carbonyl (C=O) groups is 1. The van der Waals surface area contributed by atoms with Gasteiger partial charge in [0.1, 0.15) is 5.75 Å². The Labute approximate surface area is 121 Å². The average Bonchev–Trinajstić information content (AvgIpc) is 3.03. The smallest absolute Gasteiger partial charge is 0.166 e. The van der Waals surface area contributed by atoms with Crippen molar-refractivity contribution in [2.45, 2.75) is 46.0 Å². The number of methoxy groups -OCH3 is 1. The second-order valence-corrected chi connectivity index (χ2v) is 6.65. The molecular formula is C18H24O2. The first kappa shape index (κ1) is 13.7. The van der Waals surface area contributed by atoms with Crippen molar-refractivity contribution in [1.82, 2.24) is 0 Å². The molecule has 1 aromatic carbocycles. The number of ether oxygens (including phenoxy) is 1. The van der Waals surface area contributed by atoms with Gasteiger partial charge in [-0.3, -0.25) is 4.79 Å². The second kappa shape index (κ2) is 5.23. The van der Waals surface area contributed by atoms with Crippen molar-refractivity contribution in [1.29, 1.82) is 0 Å². The molecule has 2 heteroatoms. The molecule has 3 unspecified atom stereocenters. The van der Waals surface area contributed by atoms with Gasteiger partial charge in [0.25, 0.3) is 0 Å². The van der Waals surface area contributed by atoms with Crippen LogP contribution in [0.1, 0.15) is 53.6 Å². The summed E-state index contributed by atoms with van der Waals surface area (Å²) in [5, 5.41) is 0. The van der Waals surface area contributed by atoms with Crippen molar-refractivity contribution in [2.75, 3.05) is 7.11 Å². The quantitative estimate of drug-likeness (QED) is 0.763. The van der Waals surface area contributed by atoms with Crippen LogP contribution in [0.5, 0.6) is 5.75 Å². The molecule has 0 saturated heterocycles. The van der Waals surface area contributed by atoms with Crippen LogP contribution in [-0.4, -0.2) is 12.9 Å². The predicted molar refractivity (Wildman–Crippen MR) is 80.4 cm³/mol. The van der Waals surface area contributed by atoms with E-state index in [2.05, 4.69) is 6.92 Å². The summed E-state index contributed by atoms with van der Waals surface area (Å²) in [5.74, 6) is 3.37. The highest BCUT2D eigenvalue weighted by molar-refractivity contribution is 5.99. The fourth-order valence-corrected chi connectivity index (χ4v) is 4.25. The number of aryl methyl sites for hydroxylation is 1. The number of rotatable bonds is 4. The molecule has 2 saturated carbocycles. The van der Waals surface area contributed by atoms with Gasteiger partial charge in [-0.05, 0) is 68.1 Å². The topological polar surface area (TPSA) is 26.3 Å². The van der Waals surface area contributed by atoms with E-state index in [0.717, 1.165) is 28.7 Å². The Morgan fingerprint density at radius 1 is 1.25 bits per heavy atom. The van der Waals surface area contributed by atoms with Crippen LogP contribution in [0.3, 0.4) is 0 Å². The number of hydrogen-bond acceptors (Lipinski definition) is 2. The lowest BCUT2D eigenvalue weighted by atomic mass is 9.84. The molecule has 0 aliphatic heterocycles. The summed E-state index contributed by atoms with van der Waals surface area (Å²) in [6, 6.07) is 3.97. The third-order valence-corrected chi connectivity index (χ3v) is 5.51. The van der Waals surface area contributed by atoms with E-state index in [-0.39, 0.29) is 5.78 Å². The maximum Gasteiger partial charge on any atom is 0.166 e. The molecule has 0 spiro atoms. The van der Waals surface area contributed by atoms with E-state index in [1.165, 1.54) is 31.2 Å². The normalized spacial score (nSPS) is 27.9. The first-order valence-corrected chi connectivity index (χ1v) is 7.77. The van der Waals surface area contributed by atoms with Gasteiger partial charge < -0.3 is 4.74 Å². The SMILES string of the molecule is COc1c(C(=O)CC2CC3CCC2C3)ccc(C)c1C. The van der Waals surface area contributed by atoms with Gasteiger partial charge in [-0.2, -0.15) is 0 Å². The molecule has 3 atom stereocenters. The molecule has 3 rings (SSSR count). The van der Waals surface area contributed by atoms with E-state index < -0.39 is 0 Å². The summed E-state index contributed by atoms with van der Waals surface area (Å²) in [6.45, 7) is 4.09. The Bertz CT molecular complexity index is 532. The zero-order chi connectivity index (χ0) is 14.3. The third-order valence-electron chi connectivity index (χ3n) is 5.51. The second-order valence-electron chi connectivity index (χ2n) is 6.65. The fourth-order valence-electron chi connectivity index (χ4n) is 4.25. The van der Waals surface area contributed by atoms with Crippen LogP contribution in [0.2, 0.25) is 0 Å². The minimum absolute atomic E-state index is 0.266. The first-order chi connectivity index (χ1) is 9.60. The Hall–Kier alpha value is -1.31. The Balaban J connectivity index is 1.79. The zero-order valence-corrected chi connectivity index (χ0v) is 12.7. The van der Waals surface area contributed by atoms with Gasteiger partial charge in [0, 0.05) is 6.42 Å². The molecule has 0 N–H and O–H groups in total. The molecule has 0 heterocycles. The van der Waals surface area contributed by atoms with Crippen LogP contribution in [0.4, 0.5) is 0 Å². The summed E-state index contributed by atoms with van der Waals surface area (Å²) >= 11 is 0. The van der Waals surface area contributed by atoms with Gasteiger partial charge in [0.15, 0.2) is 5.78 Å². The van der Waals surface area contributed by atoms with Crippen LogP contribution in [0, 0.1) is 31.6 Å². The highest BCUT2D eigenvalue weighted by Gasteiger charge is 2.40. The van der Waals surface area contributed by atoms with Crippen molar-refractivity contribution in [3.8, 4) is 5.75 Å². The van der Waals surface area contributed by atoms with E-state index in [0.29, 0.717) is 12.3 Å². The Kier molecular flexibility index (Phi) is 3.57. The molecule has 2 aliphatic rings. The minimum Gasteiger partial charge on any atom is -0.496 e. The summed E-state index contributed by atoms with van der Waals surface area (Å²) in [4.78, 5) is 12.6. The largest absolute Gasteiger partial charge is 0.496 e. The molecule has 0 amide bonds. The summed E-state index contributed by atoms with van der Waals surface area (Å²) in [7, 11) is 1.66. The van der Waals surface area contributed by atoms with Crippen molar-refractivity contribution in [3.63, 3.8) is 0 Å². The van der Waals surface area contributed by atoms with E-state index in [4.69, 9.17) is 4.74 Å². The van der Waals surface area contributed by atoms with E-state index >= 15 is 0 Å². The maximum atomic E-state index is 12.6. The fraction of sp³-hybridized carbons (Fsp3) is 0.611. The van der Waals surface area contributed by atoms with Crippen LogP contribution in [0.25, 0.3) is 0 Å². The molecule has 2 aliphatic carbocycles. The Morgan fingerprint density at radius 3 is 2.65 bits per heavy atom. The van der Waals surface area contributed by atoms with Gasteiger partial charge in [0.05, 0.1) is 12.7 Å². The molecule has 2 bridgehead atoms. The first-order valence-electron chi connectivity index (χ1n) is 7.77. The number of carbonyl (C=O) groups excluding carboxylic acids is 1. The van der Waals surface area contributed by atoms with Gasteiger partial charge in [-0.25, -0.2) is 0 Å². The van der Waals surface area contributed by atoms with E-state index in [9.17, 15) is 4.79 Å². The zero-order valence-electron chi connectivity index (χ0n) is 12.7. The summed E-state index contributed by atoms with van der Waals surface area (Å²) in [5.41, 5.74) is 3.04. The monoisotopic (exact) mass is 272 g/mol. The van der Waals surface area contributed by atoms with Gasteiger partial charge in [-0.15, -0.1) is 0 Å². The highest BCUT2D eigenvalue weighted by atomic mass is 16.5.